The Morgan fingerprint density at radius 2 is 2.00 bits per heavy atom. The van der Waals surface area contributed by atoms with Gasteiger partial charge in [-0.1, -0.05) is 32.0 Å². The van der Waals surface area contributed by atoms with E-state index in [1.54, 1.807) is 12.3 Å². The molecule has 0 saturated carbocycles. The Kier molecular flexibility index (Phi) is 4.23. The van der Waals surface area contributed by atoms with E-state index in [-0.39, 0.29) is 6.03 Å². The largest absolute Gasteiger partial charge is 0.467 e. The van der Waals surface area contributed by atoms with Crippen LogP contribution in [0, 0.1) is 0 Å². The molecule has 0 saturated heterocycles. The molecule has 2 rings (SSSR count). The third kappa shape index (κ3) is 3.61. The smallest absolute Gasteiger partial charge is 0.319 e. The second-order valence-corrected chi connectivity index (χ2v) is 4.63. The summed E-state index contributed by atoms with van der Waals surface area (Å²) < 4.78 is 5.15. The van der Waals surface area contributed by atoms with E-state index in [4.69, 9.17) is 4.42 Å². The number of furan rings is 1. The zero-order valence-corrected chi connectivity index (χ0v) is 11.1. The minimum atomic E-state index is -0.232. The first-order valence-corrected chi connectivity index (χ1v) is 6.33. The monoisotopic (exact) mass is 258 g/mol. The number of para-hydroxylation sites is 1. The maximum Gasteiger partial charge on any atom is 0.319 e. The molecule has 1 aromatic carbocycles. The summed E-state index contributed by atoms with van der Waals surface area (Å²) in [7, 11) is 0. The first-order valence-electron chi connectivity index (χ1n) is 6.33. The van der Waals surface area contributed by atoms with Crippen LogP contribution in [0.5, 0.6) is 0 Å². The van der Waals surface area contributed by atoms with Crippen molar-refractivity contribution in [2.45, 2.75) is 26.3 Å². The van der Waals surface area contributed by atoms with E-state index in [2.05, 4.69) is 24.5 Å². The molecule has 19 heavy (non-hydrogen) atoms. The minimum Gasteiger partial charge on any atom is -0.467 e. The van der Waals surface area contributed by atoms with Gasteiger partial charge in [0, 0.05) is 5.69 Å². The van der Waals surface area contributed by atoms with Crippen molar-refractivity contribution in [1.29, 1.82) is 0 Å². The lowest BCUT2D eigenvalue weighted by Gasteiger charge is -2.13. The Hall–Kier alpha value is -2.23. The average Bonchev–Trinajstić information content (AvgIpc) is 2.90. The number of anilines is 1. The number of hydrogen-bond acceptors (Lipinski definition) is 2. The molecule has 2 aromatic rings. The number of amides is 2. The van der Waals surface area contributed by atoms with Crippen LogP contribution in [0.3, 0.4) is 0 Å². The Morgan fingerprint density at radius 1 is 1.21 bits per heavy atom. The van der Waals surface area contributed by atoms with Gasteiger partial charge in [-0.15, -0.1) is 0 Å². The van der Waals surface area contributed by atoms with Crippen LogP contribution < -0.4 is 10.6 Å². The van der Waals surface area contributed by atoms with E-state index in [1.165, 1.54) is 0 Å². The molecule has 100 valence electrons. The summed E-state index contributed by atoms with van der Waals surface area (Å²) in [5.41, 5.74) is 1.96. The van der Waals surface area contributed by atoms with Crippen LogP contribution in [0.15, 0.2) is 47.1 Å². The third-order valence-corrected chi connectivity index (χ3v) is 2.83. The summed E-state index contributed by atoms with van der Waals surface area (Å²) in [6.45, 7) is 4.57. The van der Waals surface area contributed by atoms with Crippen LogP contribution in [0.25, 0.3) is 0 Å². The highest BCUT2D eigenvalue weighted by atomic mass is 16.3. The van der Waals surface area contributed by atoms with Crippen molar-refractivity contribution in [2.24, 2.45) is 0 Å². The van der Waals surface area contributed by atoms with Crippen molar-refractivity contribution in [3.05, 3.63) is 54.0 Å². The first kappa shape index (κ1) is 13.2. The summed E-state index contributed by atoms with van der Waals surface area (Å²) in [5, 5.41) is 5.62. The van der Waals surface area contributed by atoms with Gasteiger partial charge in [0.1, 0.15) is 5.76 Å². The van der Waals surface area contributed by atoms with Crippen molar-refractivity contribution < 1.29 is 9.21 Å². The van der Waals surface area contributed by atoms with Gasteiger partial charge < -0.3 is 15.1 Å². The maximum absolute atomic E-state index is 11.8. The minimum absolute atomic E-state index is 0.232. The van der Waals surface area contributed by atoms with Crippen molar-refractivity contribution in [2.75, 3.05) is 5.32 Å². The van der Waals surface area contributed by atoms with E-state index in [9.17, 15) is 4.79 Å². The number of urea groups is 1. The van der Waals surface area contributed by atoms with E-state index in [0.717, 1.165) is 17.0 Å². The SMILES string of the molecule is CC(C)c1ccccc1NC(=O)NCc1ccco1. The maximum atomic E-state index is 11.8. The molecule has 2 amide bonds. The summed E-state index contributed by atoms with van der Waals surface area (Å²) in [5.74, 6) is 1.09. The number of hydrogen-bond donors (Lipinski definition) is 2. The molecule has 0 atom stereocenters. The molecule has 0 aliphatic rings. The van der Waals surface area contributed by atoms with Crippen LogP contribution >= 0.6 is 0 Å². The van der Waals surface area contributed by atoms with Gasteiger partial charge in [-0.05, 0) is 29.7 Å². The molecule has 0 unspecified atom stereocenters. The van der Waals surface area contributed by atoms with Gasteiger partial charge in [0.05, 0.1) is 12.8 Å². The Bertz CT molecular complexity index is 533. The van der Waals surface area contributed by atoms with Gasteiger partial charge in [-0.2, -0.15) is 0 Å². The zero-order chi connectivity index (χ0) is 13.7. The Morgan fingerprint density at radius 3 is 2.68 bits per heavy atom. The van der Waals surface area contributed by atoms with E-state index >= 15 is 0 Å². The van der Waals surface area contributed by atoms with Crippen molar-refractivity contribution in [3.8, 4) is 0 Å². The van der Waals surface area contributed by atoms with Gasteiger partial charge in [0.25, 0.3) is 0 Å². The molecule has 4 nitrogen and oxygen atoms in total. The van der Waals surface area contributed by atoms with E-state index in [0.29, 0.717) is 12.5 Å². The predicted octanol–water partition coefficient (Wildman–Crippen LogP) is 3.72. The summed E-state index contributed by atoms with van der Waals surface area (Å²) in [6.07, 6.45) is 1.59. The molecule has 1 heterocycles. The fraction of sp³-hybridized carbons (Fsp3) is 0.267. The molecule has 0 fully saturated rings. The quantitative estimate of drug-likeness (QED) is 0.878. The van der Waals surface area contributed by atoms with E-state index < -0.39 is 0 Å². The number of benzene rings is 1. The summed E-state index contributed by atoms with van der Waals surface area (Å²) in [6, 6.07) is 11.2. The van der Waals surface area contributed by atoms with Gasteiger partial charge in [0.15, 0.2) is 0 Å². The molecule has 2 N–H and O–H groups in total. The van der Waals surface area contributed by atoms with Gasteiger partial charge in [0.2, 0.25) is 0 Å². The number of carbonyl (C=O) groups excluding carboxylic acids is 1. The fourth-order valence-electron chi connectivity index (χ4n) is 1.86. The predicted molar refractivity (Wildman–Crippen MR) is 75.1 cm³/mol. The second-order valence-electron chi connectivity index (χ2n) is 4.63. The fourth-order valence-corrected chi connectivity index (χ4v) is 1.86. The van der Waals surface area contributed by atoms with Crippen molar-refractivity contribution >= 4 is 11.7 Å². The molecule has 0 spiro atoms. The lowest BCUT2D eigenvalue weighted by atomic mass is 10.0. The standard InChI is InChI=1S/C15H18N2O2/c1-11(2)13-7-3-4-8-14(13)17-15(18)16-10-12-6-5-9-19-12/h3-9,11H,10H2,1-2H3,(H2,16,17,18). The molecule has 0 bridgehead atoms. The molecular weight excluding hydrogens is 240 g/mol. The van der Waals surface area contributed by atoms with Crippen molar-refractivity contribution in [3.63, 3.8) is 0 Å². The zero-order valence-electron chi connectivity index (χ0n) is 11.1. The van der Waals surface area contributed by atoms with Gasteiger partial charge in [-0.3, -0.25) is 0 Å². The molecule has 0 radical (unpaired) electrons. The molecule has 0 aliphatic heterocycles. The van der Waals surface area contributed by atoms with Crippen LogP contribution in [-0.4, -0.2) is 6.03 Å². The normalized spacial score (nSPS) is 10.5. The average molecular weight is 258 g/mol. The van der Waals surface area contributed by atoms with Crippen LogP contribution in [0.2, 0.25) is 0 Å². The number of rotatable bonds is 4. The topological polar surface area (TPSA) is 54.3 Å². The molecule has 1 aromatic heterocycles. The highest BCUT2D eigenvalue weighted by molar-refractivity contribution is 5.90. The van der Waals surface area contributed by atoms with Gasteiger partial charge >= 0.3 is 6.03 Å². The lowest BCUT2D eigenvalue weighted by molar-refractivity contribution is 0.251. The van der Waals surface area contributed by atoms with E-state index in [1.807, 2.05) is 30.3 Å². The van der Waals surface area contributed by atoms with Gasteiger partial charge in [-0.25, -0.2) is 4.79 Å². The third-order valence-electron chi connectivity index (χ3n) is 2.83. The highest BCUT2D eigenvalue weighted by Gasteiger charge is 2.08. The van der Waals surface area contributed by atoms with Crippen LogP contribution in [-0.2, 0) is 6.54 Å². The Balaban J connectivity index is 1.95. The molecular formula is C15H18N2O2. The molecule has 0 aliphatic carbocycles. The van der Waals surface area contributed by atoms with Crippen LogP contribution in [0.1, 0.15) is 31.1 Å². The van der Waals surface area contributed by atoms with Crippen LogP contribution in [0.4, 0.5) is 10.5 Å². The second kappa shape index (κ2) is 6.09. The molecule has 4 heteroatoms. The van der Waals surface area contributed by atoms with Crippen molar-refractivity contribution in [1.82, 2.24) is 5.32 Å². The number of carbonyl (C=O) groups is 1. The first-order chi connectivity index (χ1) is 9.16. The lowest BCUT2D eigenvalue weighted by Crippen LogP contribution is -2.28. The summed E-state index contributed by atoms with van der Waals surface area (Å²) in [4.78, 5) is 11.8. The Labute approximate surface area is 112 Å². The number of nitrogens with one attached hydrogen (secondary N) is 2. The summed E-state index contributed by atoms with van der Waals surface area (Å²) >= 11 is 0. The highest BCUT2D eigenvalue weighted by Crippen LogP contribution is 2.23.